The van der Waals surface area contributed by atoms with Crippen LogP contribution in [0.15, 0.2) is 4.52 Å². The summed E-state index contributed by atoms with van der Waals surface area (Å²) < 4.78 is 4.75. The number of carbonyl (C=O) groups excluding carboxylic acids is 1. The minimum atomic E-state index is -0.383. The SMILES string of the molecule is CCC(CC)(CN)NC(=O)c1noc(C)n1. The highest BCUT2D eigenvalue weighted by Gasteiger charge is 2.28. The molecule has 0 unspecified atom stereocenters. The molecule has 0 aromatic carbocycles. The zero-order valence-corrected chi connectivity index (χ0v) is 9.91. The quantitative estimate of drug-likeness (QED) is 0.767. The minimum absolute atomic E-state index is 0.0530. The molecule has 1 aromatic rings. The van der Waals surface area contributed by atoms with E-state index in [0.29, 0.717) is 12.4 Å². The summed E-state index contributed by atoms with van der Waals surface area (Å²) in [6.45, 7) is 6.00. The van der Waals surface area contributed by atoms with Gasteiger partial charge in [0.1, 0.15) is 0 Å². The molecular formula is C10H18N4O2. The predicted molar refractivity (Wildman–Crippen MR) is 58.9 cm³/mol. The maximum Gasteiger partial charge on any atom is 0.293 e. The summed E-state index contributed by atoms with van der Waals surface area (Å²) in [5, 5.41) is 6.42. The molecule has 90 valence electrons. The Labute approximate surface area is 94.6 Å². The molecule has 6 heteroatoms. The number of nitrogens with zero attached hydrogens (tertiary/aromatic N) is 2. The minimum Gasteiger partial charge on any atom is -0.343 e. The summed E-state index contributed by atoms with van der Waals surface area (Å²) >= 11 is 0. The Bertz CT molecular complexity index is 349. The first-order valence-electron chi connectivity index (χ1n) is 5.39. The van der Waals surface area contributed by atoms with Crippen LogP contribution in [-0.2, 0) is 0 Å². The van der Waals surface area contributed by atoms with Crippen LogP contribution in [0.25, 0.3) is 0 Å². The normalized spacial score (nSPS) is 11.5. The molecule has 16 heavy (non-hydrogen) atoms. The fourth-order valence-corrected chi connectivity index (χ4v) is 1.45. The lowest BCUT2D eigenvalue weighted by atomic mass is 9.93. The summed E-state index contributed by atoms with van der Waals surface area (Å²) in [4.78, 5) is 15.7. The number of hydrogen-bond donors (Lipinski definition) is 2. The molecule has 0 aliphatic carbocycles. The van der Waals surface area contributed by atoms with Gasteiger partial charge in [-0.05, 0) is 12.8 Å². The molecule has 0 aliphatic rings. The Kier molecular flexibility index (Phi) is 4.00. The van der Waals surface area contributed by atoms with Gasteiger partial charge in [0.2, 0.25) is 5.89 Å². The van der Waals surface area contributed by atoms with Crippen LogP contribution in [0.3, 0.4) is 0 Å². The van der Waals surface area contributed by atoms with Crippen molar-refractivity contribution in [2.45, 2.75) is 39.2 Å². The predicted octanol–water partition coefficient (Wildman–Crippen LogP) is 0.625. The first kappa shape index (κ1) is 12.6. The number of nitrogens with one attached hydrogen (secondary N) is 1. The Hall–Kier alpha value is -1.43. The van der Waals surface area contributed by atoms with E-state index >= 15 is 0 Å². The number of aryl methyl sites for hydroxylation is 1. The molecule has 0 aliphatic heterocycles. The lowest BCUT2D eigenvalue weighted by molar-refractivity contribution is 0.0881. The molecule has 0 saturated carbocycles. The van der Waals surface area contributed by atoms with E-state index in [9.17, 15) is 4.79 Å². The van der Waals surface area contributed by atoms with Crippen LogP contribution in [-0.4, -0.2) is 28.1 Å². The van der Waals surface area contributed by atoms with Crippen LogP contribution in [0, 0.1) is 6.92 Å². The van der Waals surface area contributed by atoms with Crippen LogP contribution in [0.4, 0.5) is 0 Å². The topological polar surface area (TPSA) is 94.0 Å². The van der Waals surface area contributed by atoms with Crippen LogP contribution in [0.5, 0.6) is 0 Å². The molecule has 1 aromatic heterocycles. The van der Waals surface area contributed by atoms with E-state index in [-0.39, 0.29) is 17.3 Å². The Morgan fingerprint density at radius 1 is 1.50 bits per heavy atom. The van der Waals surface area contributed by atoms with E-state index in [1.54, 1.807) is 6.92 Å². The van der Waals surface area contributed by atoms with Gasteiger partial charge in [-0.3, -0.25) is 4.79 Å². The van der Waals surface area contributed by atoms with Gasteiger partial charge in [-0.1, -0.05) is 19.0 Å². The maximum absolute atomic E-state index is 11.8. The van der Waals surface area contributed by atoms with Crippen LogP contribution in [0.1, 0.15) is 43.2 Å². The van der Waals surface area contributed by atoms with Gasteiger partial charge in [-0.15, -0.1) is 0 Å². The zero-order valence-electron chi connectivity index (χ0n) is 9.91. The lowest BCUT2D eigenvalue weighted by Gasteiger charge is -2.30. The number of aromatic nitrogens is 2. The fourth-order valence-electron chi connectivity index (χ4n) is 1.45. The average Bonchev–Trinajstić information content (AvgIpc) is 2.73. The van der Waals surface area contributed by atoms with Gasteiger partial charge >= 0.3 is 0 Å². The van der Waals surface area contributed by atoms with Gasteiger partial charge < -0.3 is 15.6 Å². The van der Waals surface area contributed by atoms with E-state index < -0.39 is 0 Å². The monoisotopic (exact) mass is 226 g/mol. The van der Waals surface area contributed by atoms with Crippen molar-refractivity contribution < 1.29 is 9.32 Å². The van der Waals surface area contributed by atoms with E-state index in [1.165, 1.54) is 0 Å². The summed E-state index contributed by atoms with van der Waals surface area (Å²) in [6, 6.07) is 0. The van der Waals surface area contributed by atoms with Gasteiger partial charge in [0, 0.05) is 13.5 Å². The Balaban J connectivity index is 2.76. The van der Waals surface area contributed by atoms with Gasteiger partial charge in [-0.2, -0.15) is 4.98 Å². The number of rotatable bonds is 5. The van der Waals surface area contributed by atoms with Crippen molar-refractivity contribution in [3.8, 4) is 0 Å². The first-order valence-corrected chi connectivity index (χ1v) is 5.39. The second-order valence-electron chi connectivity index (χ2n) is 3.78. The lowest BCUT2D eigenvalue weighted by Crippen LogP contribution is -2.53. The average molecular weight is 226 g/mol. The highest BCUT2D eigenvalue weighted by atomic mass is 16.5. The molecule has 0 atom stereocenters. The third-order valence-electron chi connectivity index (χ3n) is 2.85. The van der Waals surface area contributed by atoms with Gasteiger partial charge in [0.25, 0.3) is 11.7 Å². The third-order valence-corrected chi connectivity index (χ3v) is 2.85. The zero-order chi connectivity index (χ0) is 12.2. The highest BCUT2D eigenvalue weighted by Crippen LogP contribution is 2.13. The molecule has 0 fully saturated rings. The molecule has 0 radical (unpaired) electrons. The van der Waals surface area contributed by atoms with Crippen molar-refractivity contribution in [1.29, 1.82) is 0 Å². The summed E-state index contributed by atoms with van der Waals surface area (Å²) in [6.07, 6.45) is 1.53. The van der Waals surface area contributed by atoms with E-state index in [2.05, 4.69) is 15.5 Å². The smallest absolute Gasteiger partial charge is 0.293 e. The van der Waals surface area contributed by atoms with Crippen LogP contribution in [0.2, 0.25) is 0 Å². The first-order chi connectivity index (χ1) is 7.56. The summed E-state index contributed by atoms with van der Waals surface area (Å²) in [7, 11) is 0. The van der Waals surface area contributed by atoms with Gasteiger partial charge in [0.05, 0.1) is 5.54 Å². The number of carbonyl (C=O) groups is 1. The molecule has 1 heterocycles. The van der Waals surface area contributed by atoms with Crippen molar-refractivity contribution >= 4 is 5.91 Å². The molecule has 0 saturated heterocycles. The molecule has 0 spiro atoms. The van der Waals surface area contributed by atoms with Gasteiger partial charge in [0.15, 0.2) is 0 Å². The maximum atomic E-state index is 11.8. The summed E-state index contributed by atoms with van der Waals surface area (Å²) in [5.41, 5.74) is 5.30. The third kappa shape index (κ3) is 2.57. The van der Waals surface area contributed by atoms with E-state index in [4.69, 9.17) is 10.3 Å². The van der Waals surface area contributed by atoms with Crippen molar-refractivity contribution in [3.05, 3.63) is 11.7 Å². The number of amides is 1. The Morgan fingerprint density at radius 3 is 2.50 bits per heavy atom. The van der Waals surface area contributed by atoms with E-state index in [0.717, 1.165) is 12.8 Å². The fraction of sp³-hybridized carbons (Fsp3) is 0.700. The molecule has 1 amide bonds. The molecule has 3 N–H and O–H groups in total. The number of hydrogen-bond acceptors (Lipinski definition) is 5. The summed E-state index contributed by atoms with van der Waals surface area (Å²) in [5.74, 6) is 0.0831. The highest BCUT2D eigenvalue weighted by molar-refractivity contribution is 5.90. The Morgan fingerprint density at radius 2 is 2.12 bits per heavy atom. The molecule has 0 bridgehead atoms. The largest absolute Gasteiger partial charge is 0.343 e. The second kappa shape index (κ2) is 5.07. The van der Waals surface area contributed by atoms with Gasteiger partial charge in [-0.25, -0.2) is 0 Å². The van der Waals surface area contributed by atoms with Crippen molar-refractivity contribution in [2.75, 3.05) is 6.54 Å². The second-order valence-corrected chi connectivity index (χ2v) is 3.78. The number of nitrogens with two attached hydrogens (primary N) is 1. The van der Waals surface area contributed by atoms with Crippen LogP contribution >= 0.6 is 0 Å². The van der Waals surface area contributed by atoms with E-state index in [1.807, 2.05) is 13.8 Å². The van der Waals surface area contributed by atoms with Crippen LogP contribution < -0.4 is 11.1 Å². The molecule has 6 nitrogen and oxygen atoms in total. The van der Waals surface area contributed by atoms with Crippen molar-refractivity contribution in [1.82, 2.24) is 15.5 Å². The molecule has 1 rings (SSSR count). The standard InChI is InChI=1S/C10H18N4O2/c1-4-10(5-2,6-11)13-9(15)8-12-7(3)16-14-8/h4-6,11H2,1-3H3,(H,13,15). The van der Waals surface area contributed by atoms with Crippen molar-refractivity contribution in [3.63, 3.8) is 0 Å². The molecular weight excluding hydrogens is 208 g/mol. The van der Waals surface area contributed by atoms with Crippen molar-refractivity contribution in [2.24, 2.45) is 5.73 Å².